The number of carbonyl (C=O) groups is 2. The molecule has 270 valence electrons. The van der Waals surface area contributed by atoms with Gasteiger partial charge in [0.05, 0.1) is 33.9 Å². The zero-order valence-electron chi connectivity index (χ0n) is 29.0. The van der Waals surface area contributed by atoms with Crippen molar-refractivity contribution in [2.24, 2.45) is 0 Å². The summed E-state index contributed by atoms with van der Waals surface area (Å²) in [7, 11) is 0. The molecule has 2 aromatic heterocycles. The van der Waals surface area contributed by atoms with E-state index in [0.717, 1.165) is 65.4 Å². The van der Waals surface area contributed by atoms with Crippen LogP contribution in [-0.4, -0.2) is 66.9 Å². The van der Waals surface area contributed by atoms with Gasteiger partial charge in [0.1, 0.15) is 11.6 Å². The molecule has 0 spiro atoms. The summed E-state index contributed by atoms with van der Waals surface area (Å²) in [5.74, 6) is -1.68. The topological polar surface area (TPSA) is 121 Å². The highest BCUT2D eigenvalue weighted by Gasteiger charge is 2.31. The summed E-state index contributed by atoms with van der Waals surface area (Å²) in [5.41, 5.74) is 6.07. The van der Waals surface area contributed by atoms with Crippen molar-refractivity contribution in [2.75, 3.05) is 13.1 Å². The molecule has 9 nitrogen and oxygen atoms in total. The van der Waals surface area contributed by atoms with Crippen molar-refractivity contribution in [1.82, 2.24) is 24.8 Å². The molecule has 8 rings (SSSR count). The van der Waals surface area contributed by atoms with Crippen LogP contribution in [0.4, 0.5) is 4.39 Å². The van der Waals surface area contributed by atoms with Gasteiger partial charge in [0.15, 0.2) is 6.17 Å². The van der Waals surface area contributed by atoms with Gasteiger partial charge in [0.2, 0.25) is 0 Å². The van der Waals surface area contributed by atoms with Gasteiger partial charge in [0.25, 0.3) is 5.91 Å². The molecular weight excluding hydrogens is 693 g/mol. The van der Waals surface area contributed by atoms with Gasteiger partial charge in [0, 0.05) is 46.7 Å². The van der Waals surface area contributed by atoms with Crippen LogP contribution in [0, 0.1) is 5.82 Å². The number of carbonyl (C=O) groups excluding carboxylic acids is 1. The Morgan fingerprint density at radius 2 is 1.55 bits per heavy atom. The number of aliphatic hydroxyl groups is 1. The number of hydrogen-bond donors (Lipinski definition) is 3. The number of piperidine rings is 1. The van der Waals surface area contributed by atoms with Crippen LogP contribution in [0.2, 0.25) is 5.02 Å². The van der Waals surface area contributed by atoms with Crippen LogP contribution in [0.1, 0.15) is 61.3 Å². The van der Waals surface area contributed by atoms with Gasteiger partial charge >= 0.3 is 5.97 Å². The van der Waals surface area contributed by atoms with E-state index in [0.29, 0.717) is 53.4 Å². The van der Waals surface area contributed by atoms with E-state index in [9.17, 15) is 19.8 Å². The maximum Gasteiger partial charge on any atom is 0.341 e. The predicted octanol–water partition coefficient (Wildman–Crippen LogP) is 8.48. The third kappa shape index (κ3) is 7.02. The zero-order valence-corrected chi connectivity index (χ0v) is 29.8. The number of aliphatic carboxylic acids is 1. The Labute approximate surface area is 311 Å². The lowest BCUT2D eigenvalue weighted by molar-refractivity contribution is -0.145. The number of carboxylic acids is 1. The van der Waals surface area contributed by atoms with E-state index in [4.69, 9.17) is 21.6 Å². The summed E-state index contributed by atoms with van der Waals surface area (Å²) in [4.78, 5) is 37.1. The van der Waals surface area contributed by atoms with Crippen molar-refractivity contribution in [1.29, 1.82) is 0 Å². The van der Waals surface area contributed by atoms with Crippen LogP contribution in [0.15, 0.2) is 91.0 Å². The van der Waals surface area contributed by atoms with E-state index in [1.165, 1.54) is 6.07 Å². The quantitative estimate of drug-likeness (QED) is 0.144. The van der Waals surface area contributed by atoms with Crippen molar-refractivity contribution < 1.29 is 24.2 Å². The van der Waals surface area contributed by atoms with E-state index in [1.54, 1.807) is 23.1 Å². The minimum Gasteiger partial charge on any atom is -0.479 e. The Balaban J connectivity index is 1.16. The van der Waals surface area contributed by atoms with E-state index in [2.05, 4.69) is 9.88 Å². The number of hydrogen-bond acceptors (Lipinski definition) is 6. The monoisotopic (exact) mass is 731 g/mol. The lowest BCUT2D eigenvalue weighted by Crippen LogP contribution is -2.55. The summed E-state index contributed by atoms with van der Waals surface area (Å²) in [6.07, 6.45) is 4.28. The average molecular weight is 732 g/mol. The molecule has 1 aliphatic carbocycles. The maximum absolute atomic E-state index is 16.4. The van der Waals surface area contributed by atoms with E-state index >= 15 is 4.39 Å². The first-order chi connectivity index (χ1) is 25.7. The largest absolute Gasteiger partial charge is 0.479 e. The molecule has 0 radical (unpaired) electrons. The van der Waals surface area contributed by atoms with Crippen LogP contribution in [0.25, 0.3) is 55.7 Å². The summed E-state index contributed by atoms with van der Waals surface area (Å²) >= 11 is 6.15. The van der Waals surface area contributed by atoms with E-state index < -0.39 is 30.0 Å². The van der Waals surface area contributed by atoms with Gasteiger partial charge in [-0.3, -0.25) is 9.69 Å². The number of carboxylic acid groups (broad SMARTS) is 1. The number of likely N-dealkylation sites (tertiary alicyclic amines) is 1. The molecule has 1 unspecified atom stereocenters. The first-order valence-electron chi connectivity index (χ1n) is 18.2. The molecule has 3 heterocycles. The van der Waals surface area contributed by atoms with Crippen LogP contribution in [-0.2, 0) is 4.79 Å². The number of aliphatic hydroxyl groups excluding tert-OH is 1. The van der Waals surface area contributed by atoms with Gasteiger partial charge in [-0.25, -0.2) is 19.2 Å². The summed E-state index contributed by atoms with van der Waals surface area (Å²) < 4.78 is 18.5. The Morgan fingerprint density at radius 1 is 0.811 bits per heavy atom. The van der Waals surface area contributed by atoms with Crippen LogP contribution in [0.3, 0.4) is 0 Å². The normalized spacial score (nSPS) is 16.6. The third-order valence-electron chi connectivity index (χ3n) is 10.6. The number of aromatic nitrogens is 3. The van der Waals surface area contributed by atoms with Crippen molar-refractivity contribution in [3.63, 3.8) is 0 Å². The molecule has 11 heteroatoms. The predicted molar refractivity (Wildman–Crippen MR) is 204 cm³/mol. The van der Waals surface area contributed by atoms with Gasteiger partial charge in [-0.2, -0.15) is 0 Å². The second-order valence-corrected chi connectivity index (χ2v) is 14.5. The number of pyridine rings is 1. The Bertz CT molecular complexity index is 2330. The fourth-order valence-electron chi connectivity index (χ4n) is 7.85. The molecule has 1 atom stereocenters. The Hall–Kier alpha value is -5.16. The van der Waals surface area contributed by atoms with Crippen molar-refractivity contribution >= 4 is 45.4 Å². The van der Waals surface area contributed by atoms with Gasteiger partial charge in [-0.05, 0) is 79.3 Å². The summed E-state index contributed by atoms with van der Waals surface area (Å²) in [5, 5.41) is 23.9. The number of halogens is 2. The number of amides is 1. The standard InChI is InChI=1S/C42H39ClFN5O4/c43-28-14-10-25(11-15-28)31-8-4-5-9-32(31)35-16-12-26-22-33(34(44)24-36(26)45-35)39-46-37-23-27(13-17-38(37)49(39)29-6-2-1-3-7-29)41(51)47-40(42(52)53)48-20-18-30(50)19-21-48/h4-5,8-17,22-24,29-30,40,50H,1-3,6-7,18-21H2,(H,47,51)(H,52,53). The molecular formula is C42H39ClFN5O4. The number of benzene rings is 4. The highest BCUT2D eigenvalue weighted by molar-refractivity contribution is 6.30. The highest BCUT2D eigenvalue weighted by Crippen LogP contribution is 2.39. The number of fused-ring (bicyclic) bond motifs is 2. The number of rotatable bonds is 8. The molecule has 4 aromatic carbocycles. The van der Waals surface area contributed by atoms with Crippen LogP contribution >= 0.6 is 11.6 Å². The van der Waals surface area contributed by atoms with Gasteiger partial charge in [-0.15, -0.1) is 0 Å². The lowest BCUT2D eigenvalue weighted by atomic mass is 9.94. The van der Waals surface area contributed by atoms with E-state index in [1.807, 2.05) is 66.7 Å². The van der Waals surface area contributed by atoms with Crippen LogP contribution in [0.5, 0.6) is 0 Å². The van der Waals surface area contributed by atoms with Gasteiger partial charge < -0.3 is 20.1 Å². The van der Waals surface area contributed by atoms with Crippen molar-refractivity contribution in [3.05, 3.63) is 107 Å². The third-order valence-corrected chi connectivity index (χ3v) is 10.9. The van der Waals surface area contributed by atoms with Crippen LogP contribution < -0.4 is 5.32 Å². The Morgan fingerprint density at radius 3 is 2.28 bits per heavy atom. The molecule has 2 fully saturated rings. The molecule has 1 saturated carbocycles. The van der Waals surface area contributed by atoms with Gasteiger partial charge in [-0.1, -0.05) is 73.3 Å². The van der Waals surface area contributed by atoms with Crippen molar-refractivity contribution in [3.8, 4) is 33.8 Å². The van der Waals surface area contributed by atoms with E-state index in [-0.39, 0.29) is 11.6 Å². The summed E-state index contributed by atoms with van der Waals surface area (Å²) in [6.45, 7) is 0.717. The maximum atomic E-state index is 16.4. The number of imidazole rings is 1. The second kappa shape index (κ2) is 14.7. The zero-order chi connectivity index (χ0) is 36.6. The molecule has 1 amide bonds. The molecule has 1 saturated heterocycles. The molecule has 2 aliphatic rings. The fourth-order valence-corrected chi connectivity index (χ4v) is 7.98. The number of nitrogens with zero attached hydrogens (tertiary/aromatic N) is 4. The average Bonchev–Trinajstić information content (AvgIpc) is 3.56. The fraction of sp³-hybridized carbons (Fsp3) is 0.286. The molecule has 53 heavy (non-hydrogen) atoms. The second-order valence-electron chi connectivity index (χ2n) is 14.1. The Kier molecular flexibility index (Phi) is 9.68. The first-order valence-corrected chi connectivity index (χ1v) is 18.5. The molecule has 3 N–H and O–H groups in total. The SMILES string of the molecule is O=C(NC(C(=O)O)N1CCC(O)CC1)c1ccc2c(c1)nc(-c1cc3ccc(-c4ccccc4-c4ccc(Cl)cc4)nc3cc1F)n2C1CCCCC1. The first kappa shape index (κ1) is 34.9. The highest BCUT2D eigenvalue weighted by atomic mass is 35.5. The summed E-state index contributed by atoms with van der Waals surface area (Å²) in [6, 6.07) is 28.0. The molecule has 6 aromatic rings. The minimum atomic E-state index is -1.23. The number of nitrogens with one attached hydrogen (secondary N) is 1. The smallest absolute Gasteiger partial charge is 0.341 e. The molecule has 1 aliphatic heterocycles. The molecule has 0 bridgehead atoms. The minimum absolute atomic E-state index is 0.106. The lowest BCUT2D eigenvalue weighted by Gasteiger charge is -2.34. The van der Waals surface area contributed by atoms with Crippen molar-refractivity contribution in [2.45, 2.75) is 63.3 Å².